The zero-order chi connectivity index (χ0) is 26.5. The van der Waals surface area contributed by atoms with Gasteiger partial charge in [-0.05, 0) is 22.3 Å². The zero-order valence-corrected chi connectivity index (χ0v) is 22.2. The van der Waals surface area contributed by atoms with Crippen molar-refractivity contribution in [3.05, 3.63) is 144 Å². The molecule has 0 spiro atoms. The Morgan fingerprint density at radius 1 is 0.410 bits per heavy atom. The smallest absolute Gasteiger partial charge is 0.103 e. The molecule has 202 valence electrons. The number of rotatable bonds is 14. The Kier molecular flexibility index (Phi) is 10.3. The van der Waals surface area contributed by atoms with Gasteiger partial charge in [-0.25, -0.2) is 0 Å². The summed E-state index contributed by atoms with van der Waals surface area (Å²) in [6.07, 6.45) is -0.398. The van der Waals surface area contributed by atoms with E-state index in [1.54, 1.807) is 0 Å². The second-order valence-electron chi connectivity index (χ2n) is 9.90. The molecule has 4 aromatic carbocycles. The molecule has 4 aromatic rings. The van der Waals surface area contributed by atoms with E-state index < -0.39 is 0 Å². The summed E-state index contributed by atoms with van der Waals surface area (Å²) >= 11 is 0. The van der Waals surface area contributed by atoms with Gasteiger partial charge in [0.15, 0.2) is 0 Å². The molecule has 0 radical (unpaired) electrons. The van der Waals surface area contributed by atoms with Crippen LogP contribution in [0.15, 0.2) is 121 Å². The van der Waals surface area contributed by atoms with Crippen molar-refractivity contribution in [1.29, 1.82) is 0 Å². The molecule has 1 aliphatic heterocycles. The third-order valence-electron chi connectivity index (χ3n) is 6.93. The van der Waals surface area contributed by atoms with Crippen LogP contribution >= 0.6 is 0 Å². The molecule has 1 fully saturated rings. The van der Waals surface area contributed by atoms with Gasteiger partial charge in [-0.1, -0.05) is 121 Å². The Morgan fingerprint density at radius 2 is 0.718 bits per heavy atom. The minimum Gasteiger partial charge on any atom is -0.375 e. The van der Waals surface area contributed by atoms with E-state index in [1.807, 2.05) is 72.8 Å². The van der Waals surface area contributed by atoms with Crippen LogP contribution in [-0.4, -0.2) is 37.5 Å². The summed E-state index contributed by atoms with van der Waals surface area (Å²) in [6, 6.07) is 41.0. The summed E-state index contributed by atoms with van der Waals surface area (Å²) in [5.74, 6) is 0. The Morgan fingerprint density at radius 3 is 1.05 bits per heavy atom. The van der Waals surface area contributed by atoms with E-state index in [-0.39, 0.29) is 24.3 Å². The van der Waals surface area contributed by atoms with Crippen LogP contribution in [0.5, 0.6) is 0 Å². The van der Waals surface area contributed by atoms with Gasteiger partial charge in [0.05, 0.1) is 51.7 Å². The largest absolute Gasteiger partial charge is 0.375 e. The van der Waals surface area contributed by atoms with E-state index in [0.717, 1.165) is 22.3 Å². The summed E-state index contributed by atoms with van der Waals surface area (Å²) in [6.45, 7) is 3.13. The minimum atomic E-state index is -0.199. The second-order valence-corrected chi connectivity index (χ2v) is 9.90. The quantitative estimate of drug-likeness (QED) is 0.222. The maximum absolute atomic E-state index is 6.58. The van der Waals surface area contributed by atoms with E-state index in [0.29, 0.717) is 39.6 Å². The fraction of sp³-hybridized carbons (Fsp3) is 0.294. The van der Waals surface area contributed by atoms with Gasteiger partial charge in [0.2, 0.25) is 0 Å². The summed E-state index contributed by atoms with van der Waals surface area (Å²) in [7, 11) is 0. The molecule has 5 nitrogen and oxygen atoms in total. The summed E-state index contributed by atoms with van der Waals surface area (Å²) in [5, 5.41) is 3.74. The van der Waals surface area contributed by atoms with Crippen LogP contribution < -0.4 is 5.32 Å². The first kappa shape index (κ1) is 27.3. The van der Waals surface area contributed by atoms with Crippen molar-refractivity contribution in [2.24, 2.45) is 0 Å². The highest BCUT2D eigenvalue weighted by atomic mass is 16.6. The van der Waals surface area contributed by atoms with Crippen molar-refractivity contribution in [2.45, 2.75) is 50.7 Å². The maximum Gasteiger partial charge on any atom is 0.103 e. The standard InChI is InChI=1S/C34H37NO4/c1-5-13-27(14-6-1)21-36-25-31-33(38-23-29-17-9-3-10-18-29)34(39-24-30-19-11-4-12-20-30)32(35-31)26-37-22-28-15-7-2-8-16-28/h1-20,31-35H,21-26H2/t31-,32-,33-,34+/m1/s1. The average Bonchev–Trinajstić information content (AvgIpc) is 3.33. The first-order valence-corrected chi connectivity index (χ1v) is 13.7. The first-order chi connectivity index (χ1) is 19.3. The highest BCUT2D eigenvalue weighted by molar-refractivity contribution is 5.16. The highest BCUT2D eigenvalue weighted by Gasteiger charge is 2.45. The van der Waals surface area contributed by atoms with Crippen LogP contribution in [0.1, 0.15) is 22.3 Å². The lowest BCUT2D eigenvalue weighted by molar-refractivity contribution is -0.0914. The SMILES string of the molecule is c1ccc(COC[C@H]2N[C@H](COCc3ccccc3)[C@@H](OCc3ccccc3)[C@H]2OCc2ccccc2)cc1. The Hall–Kier alpha value is -3.32. The Labute approximate surface area is 231 Å². The summed E-state index contributed by atoms with van der Waals surface area (Å²) in [5.41, 5.74) is 4.56. The third kappa shape index (κ3) is 8.33. The van der Waals surface area contributed by atoms with Crippen LogP contribution in [0.4, 0.5) is 0 Å². The molecular weight excluding hydrogens is 486 g/mol. The van der Waals surface area contributed by atoms with Crippen molar-refractivity contribution in [2.75, 3.05) is 13.2 Å². The van der Waals surface area contributed by atoms with Crippen LogP contribution in [0, 0.1) is 0 Å². The number of hydrogen-bond acceptors (Lipinski definition) is 5. The van der Waals surface area contributed by atoms with E-state index >= 15 is 0 Å². The van der Waals surface area contributed by atoms with Crippen molar-refractivity contribution in [3.63, 3.8) is 0 Å². The van der Waals surface area contributed by atoms with Gasteiger partial charge in [0, 0.05) is 0 Å². The van der Waals surface area contributed by atoms with Crippen molar-refractivity contribution in [3.8, 4) is 0 Å². The van der Waals surface area contributed by atoms with Gasteiger partial charge in [0.1, 0.15) is 12.2 Å². The summed E-state index contributed by atoms with van der Waals surface area (Å²) < 4.78 is 25.5. The molecule has 5 heteroatoms. The monoisotopic (exact) mass is 523 g/mol. The maximum atomic E-state index is 6.58. The van der Waals surface area contributed by atoms with E-state index in [2.05, 4.69) is 53.8 Å². The molecule has 1 heterocycles. The zero-order valence-electron chi connectivity index (χ0n) is 22.2. The van der Waals surface area contributed by atoms with Crippen molar-refractivity contribution in [1.82, 2.24) is 5.32 Å². The van der Waals surface area contributed by atoms with E-state index in [4.69, 9.17) is 18.9 Å². The molecule has 1 N–H and O–H groups in total. The van der Waals surface area contributed by atoms with Crippen molar-refractivity contribution < 1.29 is 18.9 Å². The van der Waals surface area contributed by atoms with Crippen LogP contribution in [-0.2, 0) is 45.4 Å². The lowest BCUT2D eigenvalue weighted by Gasteiger charge is -2.26. The van der Waals surface area contributed by atoms with Crippen LogP contribution in [0.2, 0.25) is 0 Å². The third-order valence-corrected chi connectivity index (χ3v) is 6.93. The molecule has 0 amide bonds. The van der Waals surface area contributed by atoms with Crippen LogP contribution in [0.25, 0.3) is 0 Å². The summed E-state index contributed by atoms with van der Waals surface area (Å²) in [4.78, 5) is 0. The molecule has 0 aliphatic carbocycles. The average molecular weight is 524 g/mol. The fourth-order valence-corrected chi connectivity index (χ4v) is 4.92. The lowest BCUT2D eigenvalue weighted by Crippen LogP contribution is -2.40. The van der Waals surface area contributed by atoms with Gasteiger partial charge in [-0.2, -0.15) is 0 Å². The molecule has 0 saturated carbocycles. The molecule has 5 rings (SSSR count). The molecule has 0 bridgehead atoms. The van der Waals surface area contributed by atoms with Crippen LogP contribution in [0.3, 0.4) is 0 Å². The fourth-order valence-electron chi connectivity index (χ4n) is 4.92. The van der Waals surface area contributed by atoms with Gasteiger partial charge in [0.25, 0.3) is 0 Å². The molecule has 0 unspecified atom stereocenters. The number of benzene rings is 4. The topological polar surface area (TPSA) is 49.0 Å². The second kappa shape index (κ2) is 14.7. The highest BCUT2D eigenvalue weighted by Crippen LogP contribution is 2.25. The molecule has 1 saturated heterocycles. The first-order valence-electron chi connectivity index (χ1n) is 13.7. The van der Waals surface area contributed by atoms with Gasteiger partial charge in [-0.3, -0.25) is 0 Å². The van der Waals surface area contributed by atoms with E-state index in [9.17, 15) is 0 Å². The van der Waals surface area contributed by atoms with Gasteiger partial charge < -0.3 is 24.3 Å². The molecule has 4 atom stereocenters. The van der Waals surface area contributed by atoms with Gasteiger partial charge in [-0.15, -0.1) is 0 Å². The Balaban J connectivity index is 1.29. The lowest BCUT2D eigenvalue weighted by atomic mass is 10.1. The molecule has 1 aliphatic rings. The van der Waals surface area contributed by atoms with E-state index in [1.165, 1.54) is 0 Å². The molecule has 39 heavy (non-hydrogen) atoms. The predicted molar refractivity (Wildman–Crippen MR) is 153 cm³/mol. The number of nitrogens with one attached hydrogen (secondary N) is 1. The molecule has 0 aromatic heterocycles. The minimum absolute atomic E-state index is 0.0384. The predicted octanol–water partition coefficient (Wildman–Crippen LogP) is 5.93. The Bertz CT molecular complexity index is 1110. The van der Waals surface area contributed by atoms with Crippen molar-refractivity contribution >= 4 is 0 Å². The molecular formula is C34H37NO4. The number of ether oxygens (including phenoxy) is 4. The normalized spacial score (nSPS) is 20.7. The van der Waals surface area contributed by atoms with Gasteiger partial charge >= 0.3 is 0 Å². The number of hydrogen-bond donors (Lipinski definition) is 1.